The third-order valence-electron chi connectivity index (χ3n) is 6.67. The van der Waals surface area contributed by atoms with Crippen molar-refractivity contribution in [3.8, 4) is 0 Å². The summed E-state index contributed by atoms with van der Waals surface area (Å²) in [5.74, 6) is -0.849. The quantitative estimate of drug-likeness (QED) is 0.481. The van der Waals surface area contributed by atoms with Crippen molar-refractivity contribution in [2.75, 3.05) is 29.9 Å². The Morgan fingerprint density at radius 3 is 1.92 bits per heavy atom. The number of aliphatic carboxylic acids is 1. The summed E-state index contributed by atoms with van der Waals surface area (Å²) in [5, 5.41) is 8.95. The first kappa shape index (κ1) is 28.3. The predicted molar refractivity (Wildman–Crippen MR) is 124 cm³/mol. The summed E-state index contributed by atoms with van der Waals surface area (Å²) < 4.78 is 79.9. The third-order valence-corrected chi connectivity index (χ3v) is 6.67. The van der Waals surface area contributed by atoms with E-state index in [0.29, 0.717) is 49.6 Å². The van der Waals surface area contributed by atoms with E-state index in [9.17, 15) is 35.9 Å². The van der Waals surface area contributed by atoms with Crippen molar-refractivity contribution in [2.45, 2.75) is 50.9 Å². The summed E-state index contributed by atoms with van der Waals surface area (Å²) in [6.45, 7) is 3.77. The molecule has 2 aromatic rings. The zero-order chi connectivity index (χ0) is 27.8. The molecule has 1 saturated heterocycles. The lowest BCUT2D eigenvalue weighted by Gasteiger charge is -2.33. The number of carbonyl (C=O) groups is 2. The van der Waals surface area contributed by atoms with Crippen molar-refractivity contribution in [3.63, 3.8) is 0 Å². The van der Waals surface area contributed by atoms with E-state index >= 15 is 0 Å². The standard InChI is InChI=1S/C25H27F6N3O3/c1-23(2,16-11-17(24(26,27)28)13-18(12-16)25(29,30)31)22(37)33(3)19-4-5-20(32-14-19)34-8-6-15(7-9-34)10-21(35)36/h4-5,11-15H,6-10H2,1-3H3,(H,35,36). The number of nitrogens with zero attached hydrogens (tertiary/aromatic N) is 3. The molecule has 1 amide bonds. The molecular weight excluding hydrogens is 504 g/mol. The first-order chi connectivity index (χ1) is 17.0. The maximum absolute atomic E-state index is 13.3. The first-order valence-electron chi connectivity index (χ1n) is 11.5. The zero-order valence-corrected chi connectivity index (χ0v) is 20.5. The van der Waals surface area contributed by atoms with Crippen LogP contribution in [0.25, 0.3) is 0 Å². The minimum atomic E-state index is -5.02. The van der Waals surface area contributed by atoms with E-state index < -0.39 is 46.3 Å². The number of carbonyl (C=O) groups excluding carboxylic acids is 1. The van der Waals surface area contributed by atoms with Crippen LogP contribution < -0.4 is 9.80 Å². The molecule has 0 atom stereocenters. The zero-order valence-electron chi connectivity index (χ0n) is 20.5. The van der Waals surface area contributed by atoms with E-state index in [2.05, 4.69) is 4.98 Å². The number of carboxylic acid groups (broad SMARTS) is 1. The molecule has 1 aromatic heterocycles. The van der Waals surface area contributed by atoms with Crippen molar-refractivity contribution in [3.05, 3.63) is 53.2 Å². The molecule has 0 radical (unpaired) electrons. The van der Waals surface area contributed by atoms with Gasteiger partial charge in [-0.15, -0.1) is 0 Å². The van der Waals surface area contributed by atoms with Crippen LogP contribution in [0.3, 0.4) is 0 Å². The number of anilines is 2. The fraction of sp³-hybridized carbons (Fsp3) is 0.480. The third kappa shape index (κ3) is 6.53. The topological polar surface area (TPSA) is 73.7 Å². The molecule has 1 aliphatic rings. The lowest BCUT2D eigenvalue weighted by molar-refractivity contribution is -0.143. The van der Waals surface area contributed by atoms with E-state index in [4.69, 9.17) is 5.11 Å². The molecule has 6 nitrogen and oxygen atoms in total. The average molecular weight is 531 g/mol. The Balaban J connectivity index is 1.80. The largest absolute Gasteiger partial charge is 0.481 e. The molecule has 1 aliphatic heterocycles. The Kier molecular flexibility index (Phi) is 7.80. The van der Waals surface area contributed by atoms with Gasteiger partial charge >= 0.3 is 18.3 Å². The Bertz CT molecular complexity index is 1110. The van der Waals surface area contributed by atoms with Crippen LogP contribution in [-0.4, -0.2) is 42.1 Å². The van der Waals surface area contributed by atoms with E-state index in [-0.39, 0.29) is 18.4 Å². The number of alkyl halides is 6. The number of pyridine rings is 1. The Hall–Kier alpha value is -3.31. The Morgan fingerprint density at radius 1 is 0.973 bits per heavy atom. The molecule has 0 unspecified atom stereocenters. The smallest absolute Gasteiger partial charge is 0.416 e. The second-order valence-electron chi connectivity index (χ2n) is 9.69. The van der Waals surface area contributed by atoms with Crippen molar-refractivity contribution in [1.29, 1.82) is 0 Å². The molecule has 1 N–H and O–H groups in total. The molecule has 0 bridgehead atoms. The SMILES string of the molecule is CN(C(=O)C(C)(C)c1cc(C(F)(F)F)cc(C(F)(F)F)c1)c1ccc(N2CCC(CC(=O)O)CC2)nc1. The number of amides is 1. The predicted octanol–water partition coefficient (Wildman–Crippen LogP) is 5.75. The first-order valence-corrected chi connectivity index (χ1v) is 11.5. The van der Waals surface area contributed by atoms with Gasteiger partial charge in [-0.25, -0.2) is 4.98 Å². The number of hydrogen-bond acceptors (Lipinski definition) is 4. The monoisotopic (exact) mass is 531 g/mol. The highest BCUT2D eigenvalue weighted by atomic mass is 19.4. The minimum Gasteiger partial charge on any atom is -0.481 e. The van der Waals surface area contributed by atoms with E-state index in [1.54, 1.807) is 12.1 Å². The van der Waals surface area contributed by atoms with Gasteiger partial charge < -0.3 is 14.9 Å². The highest BCUT2D eigenvalue weighted by Crippen LogP contribution is 2.39. The molecule has 1 fully saturated rings. The molecule has 0 saturated carbocycles. The molecule has 0 aliphatic carbocycles. The van der Waals surface area contributed by atoms with Crippen LogP contribution in [0.5, 0.6) is 0 Å². The number of rotatable bonds is 6. The van der Waals surface area contributed by atoms with Crippen LogP contribution in [0.1, 0.15) is 49.8 Å². The highest BCUT2D eigenvalue weighted by molar-refractivity contribution is 6.00. The summed E-state index contributed by atoms with van der Waals surface area (Å²) in [4.78, 5) is 31.7. The van der Waals surface area contributed by atoms with Crippen LogP contribution >= 0.6 is 0 Å². The van der Waals surface area contributed by atoms with Gasteiger partial charge in [-0.2, -0.15) is 26.3 Å². The fourth-order valence-electron chi connectivity index (χ4n) is 4.35. The molecule has 202 valence electrons. The van der Waals surface area contributed by atoms with Gasteiger partial charge in [0.25, 0.3) is 0 Å². The number of aromatic nitrogens is 1. The van der Waals surface area contributed by atoms with Crippen molar-refractivity contribution < 1.29 is 41.0 Å². The second kappa shape index (κ2) is 10.2. The van der Waals surface area contributed by atoms with Gasteiger partial charge in [0.05, 0.1) is 28.4 Å². The summed E-state index contributed by atoms with van der Waals surface area (Å²) in [7, 11) is 1.37. The molecule has 1 aromatic carbocycles. The van der Waals surface area contributed by atoms with Gasteiger partial charge in [-0.05, 0) is 68.5 Å². The summed E-state index contributed by atoms with van der Waals surface area (Å²) in [5.41, 5.74) is -4.80. The van der Waals surface area contributed by atoms with Gasteiger partial charge in [0.1, 0.15) is 5.82 Å². The van der Waals surface area contributed by atoms with Gasteiger partial charge in [0.2, 0.25) is 5.91 Å². The van der Waals surface area contributed by atoms with Crippen LogP contribution in [0.15, 0.2) is 36.5 Å². The number of halogens is 6. The molecule has 2 heterocycles. The molecule has 37 heavy (non-hydrogen) atoms. The lowest BCUT2D eigenvalue weighted by atomic mass is 9.81. The lowest BCUT2D eigenvalue weighted by Crippen LogP contribution is -2.42. The molecular formula is C25H27F6N3O3. The normalized spacial score (nSPS) is 15.5. The van der Waals surface area contributed by atoms with Crippen LogP contribution in [0.2, 0.25) is 0 Å². The van der Waals surface area contributed by atoms with Crippen molar-refractivity contribution in [2.24, 2.45) is 5.92 Å². The van der Waals surface area contributed by atoms with E-state index in [1.165, 1.54) is 27.1 Å². The molecule has 3 rings (SSSR count). The number of benzene rings is 1. The number of likely N-dealkylation sites (N-methyl/N-ethyl adjacent to an activating group) is 1. The maximum Gasteiger partial charge on any atom is 0.416 e. The van der Waals surface area contributed by atoms with Crippen molar-refractivity contribution in [1.82, 2.24) is 4.98 Å². The molecule has 0 spiro atoms. The summed E-state index contributed by atoms with van der Waals surface area (Å²) in [6.07, 6.45) is -7.15. The summed E-state index contributed by atoms with van der Waals surface area (Å²) >= 11 is 0. The fourth-order valence-corrected chi connectivity index (χ4v) is 4.35. The Labute approximate surface area is 209 Å². The minimum absolute atomic E-state index is 0.0287. The van der Waals surface area contributed by atoms with Gasteiger partial charge in [0, 0.05) is 26.6 Å². The van der Waals surface area contributed by atoms with Gasteiger partial charge in [-0.3, -0.25) is 9.59 Å². The Morgan fingerprint density at radius 2 is 1.49 bits per heavy atom. The maximum atomic E-state index is 13.3. The molecule has 12 heteroatoms. The van der Waals surface area contributed by atoms with E-state index in [0.717, 1.165) is 4.90 Å². The number of hydrogen-bond donors (Lipinski definition) is 1. The van der Waals surface area contributed by atoms with Crippen LogP contribution in [0.4, 0.5) is 37.8 Å². The van der Waals surface area contributed by atoms with Gasteiger partial charge in [-0.1, -0.05) is 0 Å². The van der Waals surface area contributed by atoms with E-state index in [1.807, 2.05) is 4.90 Å². The van der Waals surface area contributed by atoms with Gasteiger partial charge in [0.15, 0.2) is 0 Å². The summed E-state index contributed by atoms with van der Waals surface area (Å²) in [6, 6.07) is 4.41. The number of piperidine rings is 1. The van der Waals surface area contributed by atoms with Crippen LogP contribution in [0, 0.1) is 5.92 Å². The average Bonchev–Trinajstić information content (AvgIpc) is 2.82. The van der Waals surface area contributed by atoms with Crippen molar-refractivity contribution >= 4 is 23.4 Å². The second-order valence-corrected chi connectivity index (χ2v) is 9.69. The highest BCUT2D eigenvalue weighted by Gasteiger charge is 2.41. The number of carboxylic acids is 1. The van der Waals surface area contributed by atoms with Crippen LogP contribution in [-0.2, 0) is 27.4 Å².